The van der Waals surface area contributed by atoms with Crippen LogP contribution in [0.1, 0.15) is 27.4 Å². The second-order valence-electron chi connectivity index (χ2n) is 3.17. The first-order valence-electron chi connectivity index (χ1n) is 4.26. The minimum absolute atomic E-state index is 0.0793. The molecule has 0 spiro atoms. The fourth-order valence-corrected chi connectivity index (χ4v) is 3.28. The molecule has 0 aliphatic rings. The minimum Gasteiger partial charge on any atom is -0.171 e. The van der Waals surface area contributed by atoms with E-state index in [1.807, 2.05) is 13.0 Å². The summed E-state index contributed by atoms with van der Waals surface area (Å²) in [6, 6.07) is 1.87. The predicted octanol–water partition coefficient (Wildman–Crippen LogP) is 5.60. The Balaban J connectivity index is 2.58. The lowest BCUT2D eigenvalue weighted by Crippen LogP contribution is -2.07. The summed E-state index contributed by atoms with van der Waals surface area (Å²) in [7, 11) is 0. The Morgan fingerprint density at radius 3 is 2.47 bits per heavy atom. The van der Waals surface area contributed by atoms with Crippen molar-refractivity contribution in [1.29, 1.82) is 0 Å². The molecule has 0 aliphatic heterocycles. The van der Waals surface area contributed by atoms with Gasteiger partial charge in [0.05, 0.1) is 0 Å². The quantitative estimate of drug-likeness (QED) is 0.612. The van der Waals surface area contributed by atoms with Gasteiger partial charge in [-0.1, -0.05) is 15.9 Å². The number of halogens is 5. The van der Waals surface area contributed by atoms with Crippen molar-refractivity contribution in [3.05, 3.63) is 20.3 Å². The van der Waals surface area contributed by atoms with Gasteiger partial charge in [-0.2, -0.15) is 13.2 Å². The molecule has 1 aromatic rings. The average Bonchev–Trinajstić information content (AvgIpc) is 2.42. The Kier molecular flexibility index (Phi) is 4.67. The van der Waals surface area contributed by atoms with Gasteiger partial charge in [0.25, 0.3) is 0 Å². The van der Waals surface area contributed by atoms with Gasteiger partial charge < -0.3 is 0 Å². The van der Waals surface area contributed by atoms with Crippen LogP contribution in [0.25, 0.3) is 0 Å². The Morgan fingerprint density at radius 1 is 1.47 bits per heavy atom. The van der Waals surface area contributed by atoms with Crippen LogP contribution in [0.4, 0.5) is 13.2 Å². The third-order valence-electron chi connectivity index (χ3n) is 1.87. The van der Waals surface area contributed by atoms with Crippen molar-refractivity contribution >= 4 is 43.2 Å². The summed E-state index contributed by atoms with van der Waals surface area (Å²) in [5, 5.41) is 0. The number of alkyl halides is 4. The van der Waals surface area contributed by atoms with Crippen LogP contribution in [0.2, 0.25) is 0 Å². The molecule has 86 valence electrons. The summed E-state index contributed by atoms with van der Waals surface area (Å²) >= 11 is 8.13. The maximum absolute atomic E-state index is 12.0. The van der Waals surface area contributed by atoms with Gasteiger partial charge in [-0.25, -0.2) is 0 Å². The molecule has 0 aromatic carbocycles. The molecule has 0 N–H and O–H groups in total. The van der Waals surface area contributed by atoms with Crippen molar-refractivity contribution in [2.24, 2.45) is 0 Å². The van der Waals surface area contributed by atoms with Crippen LogP contribution in [0, 0.1) is 6.92 Å². The highest BCUT2D eigenvalue weighted by Gasteiger charge is 2.28. The van der Waals surface area contributed by atoms with Crippen molar-refractivity contribution < 1.29 is 13.2 Å². The first-order valence-corrected chi connectivity index (χ1v) is 6.79. The van der Waals surface area contributed by atoms with Crippen LogP contribution in [-0.4, -0.2) is 6.18 Å². The van der Waals surface area contributed by atoms with Crippen molar-refractivity contribution in [2.45, 2.75) is 30.8 Å². The number of thiophene rings is 1. The lowest BCUT2D eigenvalue weighted by atomic mass is 10.2. The van der Waals surface area contributed by atoms with E-state index < -0.39 is 12.6 Å². The molecule has 0 amide bonds. The van der Waals surface area contributed by atoms with E-state index in [1.165, 1.54) is 11.3 Å². The summed E-state index contributed by atoms with van der Waals surface area (Å²) in [6.45, 7) is 1.93. The third-order valence-corrected chi connectivity index (χ3v) is 5.37. The molecule has 6 heteroatoms. The van der Waals surface area contributed by atoms with Gasteiger partial charge in [0.2, 0.25) is 0 Å². The zero-order valence-electron chi connectivity index (χ0n) is 7.87. The lowest BCUT2D eigenvalue weighted by Gasteiger charge is -2.09. The Morgan fingerprint density at radius 2 is 2.07 bits per heavy atom. The largest absolute Gasteiger partial charge is 0.389 e. The van der Waals surface area contributed by atoms with Crippen LogP contribution < -0.4 is 0 Å². The molecule has 0 aliphatic carbocycles. The molecule has 1 aromatic heterocycles. The predicted molar refractivity (Wildman–Crippen MR) is 63.7 cm³/mol. The summed E-state index contributed by atoms with van der Waals surface area (Å²) in [4.78, 5) is 1.80. The molecule has 1 heterocycles. The monoisotopic (exact) mass is 364 g/mol. The third kappa shape index (κ3) is 4.44. The van der Waals surface area contributed by atoms with E-state index in [0.29, 0.717) is 0 Å². The maximum Gasteiger partial charge on any atom is 0.389 e. The molecule has 0 radical (unpaired) electrons. The second-order valence-corrected chi connectivity index (χ2v) is 6.42. The number of hydrogen-bond acceptors (Lipinski definition) is 1. The van der Waals surface area contributed by atoms with Crippen LogP contribution in [0.5, 0.6) is 0 Å². The van der Waals surface area contributed by atoms with Crippen molar-refractivity contribution in [3.63, 3.8) is 0 Å². The SMILES string of the molecule is Cc1sc(C(Br)CCC(F)(F)F)cc1Br. The summed E-state index contributed by atoms with van der Waals surface area (Å²) in [6.07, 6.45) is -4.75. The molecule has 1 atom stereocenters. The van der Waals surface area contributed by atoms with Gasteiger partial charge in [0.15, 0.2) is 0 Å². The Bertz CT molecular complexity index is 313. The highest BCUT2D eigenvalue weighted by Crippen LogP contribution is 2.38. The molecule has 15 heavy (non-hydrogen) atoms. The van der Waals surface area contributed by atoms with Crippen molar-refractivity contribution in [3.8, 4) is 0 Å². The van der Waals surface area contributed by atoms with E-state index in [9.17, 15) is 13.2 Å². The van der Waals surface area contributed by atoms with E-state index >= 15 is 0 Å². The highest BCUT2D eigenvalue weighted by atomic mass is 79.9. The Labute approximate surface area is 107 Å². The van der Waals surface area contributed by atoms with Crippen LogP contribution in [0.15, 0.2) is 10.5 Å². The van der Waals surface area contributed by atoms with Gasteiger partial charge in [0.1, 0.15) is 0 Å². The summed E-state index contributed by atoms with van der Waals surface area (Å²) in [5.74, 6) is 0. The zero-order chi connectivity index (χ0) is 11.6. The Hall–Kier alpha value is 0.450. The summed E-state index contributed by atoms with van der Waals surface area (Å²) in [5.41, 5.74) is 0. The van der Waals surface area contributed by atoms with E-state index in [4.69, 9.17) is 0 Å². The summed E-state index contributed by atoms with van der Waals surface area (Å²) < 4.78 is 36.9. The average molecular weight is 366 g/mol. The van der Waals surface area contributed by atoms with Gasteiger partial charge in [0, 0.05) is 25.5 Å². The number of hydrogen-bond donors (Lipinski definition) is 0. The standard InChI is InChI=1S/C9H9Br2F3S/c1-5-7(11)4-8(15-5)6(10)2-3-9(12,13)14/h4,6H,2-3H2,1H3. The van der Waals surface area contributed by atoms with Gasteiger partial charge in [-0.05, 0) is 35.3 Å². The maximum atomic E-state index is 12.0. The van der Waals surface area contributed by atoms with Gasteiger partial charge in [-0.3, -0.25) is 0 Å². The van der Waals surface area contributed by atoms with Gasteiger partial charge >= 0.3 is 6.18 Å². The molecule has 0 nitrogen and oxygen atoms in total. The zero-order valence-corrected chi connectivity index (χ0v) is 11.9. The highest BCUT2D eigenvalue weighted by molar-refractivity contribution is 9.10. The second kappa shape index (κ2) is 5.19. The molecule has 0 bridgehead atoms. The molecule has 0 saturated carbocycles. The van der Waals surface area contributed by atoms with Crippen molar-refractivity contribution in [2.75, 3.05) is 0 Å². The molecule has 1 rings (SSSR count). The van der Waals surface area contributed by atoms with Crippen LogP contribution >= 0.6 is 43.2 Å². The minimum atomic E-state index is -4.07. The van der Waals surface area contributed by atoms with Crippen LogP contribution in [0.3, 0.4) is 0 Å². The fourth-order valence-electron chi connectivity index (χ4n) is 1.07. The fraction of sp³-hybridized carbons (Fsp3) is 0.556. The van der Waals surface area contributed by atoms with E-state index in [-0.39, 0.29) is 11.2 Å². The molecule has 0 fully saturated rings. The lowest BCUT2D eigenvalue weighted by molar-refractivity contribution is -0.135. The van der Waals surface area contributed by atoms with Crippen LogP contribution in [-0.2, 0) is 0 Å². The molecular formula is C9H9Br2F3S. The smallest absolute Gasteiger partial charge is 0.171 e. The molecular weight excluding hydrogens is 357 g/mol. The molecule has 1 unspecified atom stereocenters. The first-order chi connectivity index (χ1) is 6.79. The molecule has 0 saturated heterocycles. The van der Waals surface area contributed by atoms with E-state index in [0.717, 1.165) is 14.2 Å². The topological polar surface area (TPSA) is 0 Å². The number of rotatable bonds is 3. The van der Waals surface area contributed by atoms with E-state index in [1.54, 1.807) is 0 Å². The van der Waals surface area contributed by atoms with E-state index in [2.05, 4.69) is 31.9 Å². The van der Waals surface area contributed by atoms with Gasteiger partial charge in [-0.15, -0.1) is 11.3 Å². The number of aryl methyl sites for hydroxylation is 1. The van der Waals surface area contributed by atoms with Crippen molar-refractivity contribution in [1.82, 2.24) is 0 Å². The first kappa shape index (κ1) is 13.5. The normalized spacial score (nSPS) is 14.3.